The highest BCUT2D eigenvalue weighted by Crippen LogP contribution is 2.36. The number of amides is 1. The maximum Gasteiger partial charge on any atom is 0.237 e. The van der Waals surface area contributed by atoms with E-state index in [9.17, 15) is 18.3 Å². The molecular formula is C18H20N2O5S. The van der Waals surface area contributed by atoms with Crippen molar-refractivity contribution in [3.63, 3.8) is 0 Å². The minimum atomic E-state index is -3.91. The number of hydrogen-bond acceptors (Lipinski definition) is 6. The molecule has 26 heavy (non-hydrogen) atoms. The van der Waals surface area contributed by atoms with Crippen molar-refractivity contribution < 1.29 is 23.1 Å². The molecule has 1 saturated heterocycles. The Morgan fingerprint density at radius 3 is 2.65 bits per heavy atom. The monoisotopic (exact) mass is 376 g/mol. The Morgan fingerprint density at radius 1 is 1.12 bits per heavy atom. The zero-order valence-electron chi connectivity index (χ0n) is 14.1. The molecule has 0 spiro atoms. The number of nitrogens with zero attached hydrogens (tertiary/aromatic N) is 1. The summed E-state index contributed by atoms with van der Waals surface area (Å²) >= 11 is 0. The van der Waals surface area contributed by atoms with Gasteiger partial charge in [-0.15, -0.1) is 0 Å². The number of carbonyl (C=O) groups excluding carboxylic acids is 1. The second-order valence-corrected chi connectivity index (χ2v) is 7.88. The van der Waals surface area contributed by atoms with Crippen molar-refractivity contribution in [3.8, 4) is 17.2 Å². The summed E-state index contributed by atoms with van der Waals surface area (Å²) in [4.78, 5) is 13.1. The zero-order valence-corrected chi connectivity index (χ0v) is 14.9. The number of rotatable bonds is 5. The third-order valence-corrected chi connectivity index (χ3v) is 5.66. The highest BCUT2D eigenvalue weighted by atomic mass is 32.2. The third kappa shape index (κ3) is 4.14. The quantitative estimate of drug-likeness (QED) is 0.825. The van der Waals surface area contributed by atoms with E-state index in [1.807, 2.05) is 6.07 Å². The van der Waals surface area contributed by atoms with Crippen LogP contribution in [0.1, 0.15) is 6.42 Å². The summed E-state index contributed by atoms with van der Waals surface area (Å²) in [5, 5.41) is 13.4. The lowest BCUT2D eigenvalue weighted by Gasteiger charge is -2.20. The number of aromatic hydroxyl groups is 1. The van der Waals surface area contributed by atoms with Gasteiger partial charge in [-0.25, -0.2) is 8.42 Å². The number of hydrogen-bond donors (Lipinski definition) is 2. The van der Waals surface area contributed by atoms with E-state index in [2.05, 4.69) is 5.32 Å². The summed E-state index contributed by atoms with van der Waals surface area (Å²) in [6, 6.07) is 13.0. The van der Waals surface area contributed by atoms with E-state index >= 15 is 0 Å². The van der Waals surface area contributed by atoms with Gasteiger partial charge >= 0.3 is 0 Å². The molecule has 2 aromatic carbocycles. The topological polar surface area (TPSA) is 95.9 Å². The van der Waals surface area contributed by atoms with E-state index in [0.717, 1.165) is 0 Å². The molecule has 1 aliphatic heterocycles. The minimum Gasteiger partial charge on any atom is -0.503 e. The molecule has 8 heteroatoms. The Balaban J connectivity index is 1.85. The molecule has 1 heterocycles. The molecule has 2 N–H and O–H groups in total. The van der Waals surface area contributed by atoms with Gasteiger partial charge in [-0.1, -0.05) is 24.3 Å². The Morgan fingerprint density at radius 2 is 1.88 bits per heavy atom. The first-order chi connectivity index (χ1) is 12.5. The van der Waals surface area contributed by atoms with Gasteiger partial charge in [0, 0.05) is 6.54 Å². The predicted molar refractivity (Wildman–Crippen MR) is 95.9 cm³/mol. The number of benzene rings is 2. The molecule has 2 aromatic rings. The average Bonchev–Trinajstić information content (AvgIpc) is 2.82. The predicted octanol–water partition coefficient (Wildman–Crippen LogP) is 1.74. The van der Waals surface area contributed by atoms with Crippen molar-refractivity contribution in [2.24, 2.45) is 0 Å². The van der Waals surface area contributed by atoms with Crippen LogP contribution in [-0.2, 0) is 14.6 Å². The maximum atomic E-state index is 12.8. The first-order valence-corrected chi connectivity index (χ1v) is 9.89. The summed E-state index contributed by atoms with van der Waals surface area (Å²) in [6.07, 6.45) is 0.671. The van der Waals surface area contributed by atoms with Crippen LogP contribution in [0.15, 0.2) is 53.4 Å². The van der Waals surface area contributed by atoms with Crippen molar-refractivity contribution in [2.75, 3.05) is 25.5 Å². The van der Waals surface area contributed by atoms with E-state index in [-0.39, 0.29) is 23.1 Å². The highest BCUT2D eigenvalue weighted by molar-refractivity contribution is 7.91. The summed E-state index contributed by atoms with van der Waals surface area (Å²) in [6.45, 7) is 1.12. The number of nitrogens with one attached hydrogen (secondary N) is 1. The first kappa shape index (κ1) is 18.2. The molecule has 138 valence electrons. The Kier molecular flexibility index (Phi) is 5.43. The fraction of sp³-hybridized carbons (Fsp3) is 0.278. The number of sulfone groups is 1. The summed E-state index contributed by atoms with van der Waals surface area (Å²) in [5.41, 5.74) is 0. The van der Waals surface area contributed by atoms with E-state index in [1.54, 1.807) is 24.3 Å². The zero-order chi connectivity index (χ0) is 18.6. The molecular weight excluding hydrogens is 356 g/mol. The molecule has 1 aliphatic rings. The van der Waals surface area contributed by atoms with Gasteiger partial charge in [-0.2, -0.15) is 0 Å². The molecule has 0 aliphatic carbocycles. The third-order valence-electron chi connectivity index (χ3n) is 4.00. The fourth-order valence-corrected chi connectivity index (χ4v) is 4.19. The molecule has 7 nitrogen and oxygen atoms in total. The van der Waals surface area contributed by atoms with Crippen LogP contribution in [0.5, 0.6) is 17.2 Å². The molecule has 0 saturated carbocycles. The summed E-state index contributed by atoms with van der Waals surface area (Å²) in [7, 11) is -3.91. The van der Waals surface area contributed by atoms with Crippen LogP contribution < -0.4 is 10.1 Å². The number of phenols is 1. The Hall–Kier alpha value is -2.58. The molecule has 0 atom stereocenters. The van der Waals surface area contributed by atoms with Crippen LogP contribution in [0.4, 0.5) is 0 Å². The number of phenolic OH excluding ortho intramolecular Hbond substituents is 1. The van der Waals surface area contributed by atoms with Gasteiger partial charge in [-0.05, 0) is 37.2 Å². The lowest BCUT2D eigenvalue weighted by Crippen LogP contribution is -2.38. The standard InChI is InChI=1S/C18H20N2O5S/c21-17-12-19-10-5-11-20(17)13-26(23,24)16-9-4-8-15(18(16)22)25-14-6-2-1-3-7-14/h1-4,6-9,19,22H,5,10-13H2. The van der Waals surface area contributed by atoms with E-state index in [0.29, 0.717) is 25.3 Å². The van der Waals surface area contributed by atoms with Crippen LogP contribution in [-0.4, -0.2) is 49.8 Å². The van der Waals surface area contributed by atoms with Crippen molar-refractivity contribution in [3.05, 3.63) is 48.5 Å². The van der Waals surface area contributed by atoms with Gasteiger partial charge in [0.05, 0.1) is 6.54 Å². The molecule has 1 fully saturated rings. The van der Waals surface area contributed by atoms with Crippen LogP contribution >= 0.6 is 0 Å². The van der Waals surface area contributed by atoms with E-state index in [1.165, 1.54) is 23.1 Å². The van der Waals surface area contributed by atoms with Crippen LogP contribution in [0.3, 0.4) is 0 Å². The van der Waals surface area contributed by atoms with Crippen LogP contribution in [0.25, 0.3) is 0 Å². The van der Waals surface area contributed by atoms with Gasteiger partial charge < -0.3 is 20.1 Å². The Labute approximate surface area is 152 Å². The van der Waals surface area contributed by atoms with Gasteiger partial charge in [0.2, 0.25) is 5.91 Å². The molecule has 0 aromatic heterocycles. The highest BCUT2D eigenvalue weighted by Gasteiger charge is 2.27. The lowest BCUT2D eigenvalue weighted by molar-refractivity contribution is -0.128. The largest absolute Gasteiger partial charge is 0.503 e. The fourth-order valence-electron chi connectivity index (χ4n) is 2.69. The smallest absolute Gasteiger partial charge is 0.237 e. The second-order valence-electron chi connectivity index (χ2n) is 5.95. The summed E-state index contributed by atoms with van der Waals surface area (Å²) < 4.78 is 31.1. The normalized spacial score (nSPS) is 15.5. The molecule has 0 bridgehead atoms. The van der Waals surface area contributed by atoms with Gasteiger partial charge in [0.15, 0.2) is 21.3 Å². The Bertz CT molecular complexity index is 884. The van der Waals surface area contributed by atoms with E-state index in [4.69, 9.17) is 4.74 Å². The average molecular weight is 376 g/mol. The molecule has 0 unspecified atom stereocenters. The minimum absolute atomic E-state index is 0.0427. The van der Waals surface area contributed by atoms with Crippen LogP contribution in [0.2, 0.25) is 0 Å². The second kappa shape index (κ2) is 7.76. The number of ether oxygens (including phenoxy) is 1. The first-order valence-electron chi connectivity index (χ1n) is 8.23. The molecule has 0 radical (unpaired) electrons. The number of carbonyl (C=O) groups is 1. The summed E-state index contributed by atoms with van der Waals surface area (Å²) in [5.74, 6) is -0.693. The van der Waals surface area contributed by atoms with Gasteiger partial charge in [-0.3, -0.25) is 4.79 Å². The lowest BCUT2D eigenvalue weighted by atomic mass is 10.3. The van der Waals surface area contributed by atoms with Crippen LogP contribution in [0, 0.1) is 0 Å². The molecule has 3 rings (SSSR count). The SMILES string of the molecule is O=C1CNCCCN1CS(=O)(=O)c1cccc(Oc2ccccc2)c1O. The van der Waals surface area contributed by atoms with Crippen molar-refractivity contribution >= 4 is 15.7 Å². The van der Waals surface area contributed by atoms with Crippen molar-refractivity contribution in [1.82, 2.24) is 10.2 Å². The van der Waals surface area contributed by atoms with Gasteiger partial charge in [0.1, 0.15) is 16.5 Å². The van der Waals surface area contributed by atoms with Crippen molar-refractivity contribution in [1.29, 1.82) is 0 Å². The van der Waals surface area contributed by atoms with E-state index < -0.39 is 21.5 Å². The van der Waals surface area contributed by atoms with Gasteiger partial charge in [0.25, 0.3) is 0 Å². The maximum absolute atomic E-state index is 12.8. The number of para-hydroxylation sites is 2. The van der Waals surface area contributed by atoms with Crippen molar-refractivity contribution in [2.45, 2.75) is 11.3 Å². The molecule has 1 amide bonds.